The summed E-state index contributed by atoms with van der Waals surface area (Å²) in [5.74, 6) is -2.39. The minimum Gasteiger partial charge on any atom is -0.432 e. The van der Waals surface area contributed by atoms with Crippen molar-refractivity contribution in [2.75, 3.05) is 6.54 Å². The lowest BCUT2D eigenvalue weighted by molar-refractivity contribution is 0.0631. The minimum atomic E-state index is -3.08. The van der Waals surface area contributed by atoms with Gasteiger partial charge in [0.15, 0.2) is 5.69 Å². The quantitative estimate of drug-likeness (QED) is 0.499. The van der Waals surface area contributed by atoms with E-state index in [1.807, 2.05) is 0 Å². The molecule has 1 amide bonds. The summed E-state index contributed by atoms with van der Waals surface area (Å²) in [5, 5.41) is 14.1. The number of nitrogens with one attached hydrogen (secondary N) is 1. The number of hydrogen-bond donors (Lipinski definition) is 2. The highest BCUT2D eigenvalue weighted by atomic mass is 19.3. The maximum atomic E-state index is 14.3. The molecule has 32 heavy (non-hydrogen) atoms. The molecule has 1 aliphatic rings. The van der Waals surface area contributed by atoms with Crippen LogP contribution in [-0.2, 0) is 6.42 Å². The molecule has 0 aliphatic carbocycles. The zero-order valence-electron chi connectivity index (χ0n) is 16.7. The van der Waals surface area contributed by atoms with Crippen LogP contribution in [0.25, 0.3) is 5.52 Å². The molecule has 4 aromatic heterocycles. The van der Waals surface area contributed by atoms with Crippen molar-refractivity contribution in [3.05, 3.63) is 71.0 Å². The molecule has 0 aromatic carbocycles. The Morgan fingerprint density at radius 1 is 1.41 bits per heavy atom. The van der Waals surface area contributed by atoms with Gasteiger partial charge in [-0.3, -0.25) is 4.79 Å². The van der Waals surface area contributed by atoms with Gasteiger partial charge in [-0.05, 0) is 25.1 Å². The van der Waals surface area contributed by atoms with E-state index in [2.05, 4.69) is 20.1 Å². The summed E-state index contributed by atoms with van der Waals surface area (Å²) in [6.07, 6.45) is -0.945. The van der Waals surface area contributed by atoms with E-state index in [-0.39, 0.29) is 18.0 Å². The van der Waals surface area contributed by atoms with Crippen molar-refractivity contribution in [1.82, 2.24) is 29.5 Å². The van der Waals surface area contributed by atoms with E-state index in [0.29, 0.717) is 17.8 Å². The van der Waals surface area contributed by atoms with Gasteiger partial charge >= 0.3 is 0 Å². The first-order chi connectivity index (χ1) is 15.3. The first-order valence-electron chi connectivity index (χ1n) is 9.79. The first-order valence-corrected chi connectivity index (χ1v) is 9.79. The van der Waals surface area contributed by atoms with Gasteiger partial charge in [-0.25, -0.2) is 27.7 Å². The van der Waals surface area contributed by atoms with Crippen molar-refractivity contribution in [2.24, 2.45) is 0 Å². The van der Waals surface area contributed by atoms with Crippen LogP contribution in [0, 0.1) is 5.82 Å². The normalized spacial score (nSPS) is 17.2. The van der Waals surface area contributed by atoms with Gasteiger partial charge in [-0.2, -0.15) is 5.10 Å². The predicted molar refractivity (Wildman–Crippen MR) is 102 cm³/mol. The van der Waals surface area contributed by atoms with Crippen LogP contribution in [0.4, 0.5) is 13.2 Å². The molecular weight excluding hydrogens is 429 g/mol. The maximum Gasteiger partial charge on any atom is 0.292 e. The second-order valence-electron chi connectivity index (χ2n) is 7.42. The number of oxazole rings is 1. The Morgan fingerprint density at radius 3 is 2.94 bits per heavy atom. The molecule has 0 saturated heterocycles. The van der Waals surface area contributed by atoms with E-state index >= 15 is 0 Å². The molecule has 0 saturated carbocycles. The number of carbonyl (C=O) groups excluding carboxylic acids is 1. The van der Waals surface area contributed by atoms with Crippen LogP contribution >= 0.6 is 0 Å². The molecule has 1 aliphatic heterocycles. The Bertz CT molecular complexity index is 1310. The second kappa shape index (κ2) is 7.48. The summed E-state index contributed by atoms with van der Waals surface area (Å²) < 4.78 is 48.0. The van der Waals surface area contributed by atoms with Crippen molar-refractivity contribution in [3.8, 4) is 0 Å². The topological polar surface area (TPSA) is 113 Å². The van der Waals surface area contributed by atoms with Crippen LogP contribution in [0.15, 0.2) is 35.1 Å². The van der Waals surface area contributed by atoms with Gasteiger partial charge in [0.2, 0.25) is 11.7 Å². The number of halogens is 3. The molecule has 0 radical (unpaired) electrons. The zero-order chi connectivity index (χ0) is 22.6. The van der Waals surface area contributed by atoms with Crippen molar-refractivity contribution >= 4 is 11.4 Å². The minimum absolute atomic E-state index is 0.141. The molecule has 9 nitrogen and oxygen atoms in total. The van der Waals surface area contributed by atoms with E-state index in [1.165, 1.54) is 40.9 Å². The number of aliphatic hydroxyl groups is 1. The van der Waals surface area contributed by atoms with Gasteiger partial charge in [-0.1, -0.05) is 0 Å². The molecule has 5 heterocycles. The molecule has 0 spiro atoms. The Hall–Kier alpha value is -3.67. The number of nitrogens with zero attached hydrogens (tertiary/aromatic N) is 5. The number of aromatic amines is 1. The number of alkyl halides is 2. The summed E-state index contributed by atoms with van der Waals surface area (Å²) in [6.45, 7) is 1.43. The molecule has 5 rings (SSSR count). The van der Waals surface area contributed by atoms with Crippen molar-refractivity contribution in [3.63, 3.8) is 0 Å². The molecule has 0 unspecified atom stereocenters. The van der Waals surface area contributed by atoms with Crippen LogP contribution < -0.4 is 0 Å². The molecule has 2 N–H and O–H groups in total. The lowest BCUT2D eigenvalue weighted by Gasteiger charge is -2.33. The van der Waals surface area contributed by atoms with Crippen molar-refractivity contribution in [1.29, 1.82) is 0 Å². The van der Waals surface area contributed by atoms with Crippen LogP contribution in [0.3, 0.4) is 0 Å². The van der Waals surface area contributed by atoms with Gasteiger partial charge in [0.1, 0.15) is 23.5 Å². The number of aliphatic hydroxyl groups excluding tert-OH is 1. The van der Waals surface area contributed by atoms with Gasteiger partial charge in [0, 0.05) is 24.9 Å². The summed E-state index contributed by atoms with van der Waals surface area (Å²) in [6, 6.07) is 3.39. The maximum absolute atomic E-state index is 14.3. The number of imidazole rings is 1. The van der Waals surface area contributed by atoms with Crippen molar-refractivity contribution in [2.45, 2.75) is 31.9 Å². The zero-order valence-corrected chi connectivity index (χ0v) is 16.7. The second-order valence-corrected chi connectivity index (χ2v) is 7.42. The number of fused-ring (bicyclic) bond motifs is 2. The van der Waals surface area contributed by atoms with Gasteiger partial charge in [0.25, 0.3) is 12.3 Å². The number of rotatable bonds is 4. The molecule has 2 atom stereocenters. The number of pyridine rings is 1. The molecule has 4 aromatic rings. The standard InChI is InChI=1S/C20H17F3N6O3/c1-9(30)19-26-15(18(22)23)17(32-19)20(31)28-6-4-11-14(25-8-24-11)16(28)12-7-13-10(21)3-2-5-29(13)27-12/h2-3,5,7-9,16,18,30H,4,6H2,1H3,(H,24,25)/t9-,16+/m1/s1. The van der Waals surface area contributed by atoms with Crippen LogP contribution in [0.5, 0.6) is 0 Å². The average molecular weight is 446 g/mol. The highest BCUT2D eigenvalue weighted by Crippen LogP contribution is 2.36. The molecule has 0 bridgehead atoms. The van der Waals surface area contributed by atoms with E-state index in [1.54, 1.807) is 6.20 Å². The molecule has 0 fully saturated rings. The third kappa shape index (κ3) is 3.14. The Balaban J connectivity index is 1.63. The van der Waals surface area contributed by atoms with Crippen molar-refractivity contribution < 1.29 is 27.5 Å². The lowest BCUT2D eigenvalue weighted by atomic mass is 9.99. The third-order valence-corrected chi connectivity index (χ3v) is 5.36. The smallest absolute Gasteiger partial charge is 0.292 e. The summed E-state index contributed by atoms with van der Waals surface area (Å²) in [7, 11) is 0. The largest absolute Gasteiger partial charge is 0.432 e. The molecule has 12 heteroatoms. The fourth-order valence-electron chi connectivity index (χ4n) is 3.89. The fourth-order valence-corrected chi connectivity index (χ4v) is 3.89. The summed E-state index contributed by atoms with van der Waals surface area (Å²) in [4.78, 5) is 25.6. The summed E-state index contributed by atoms with van der Waals surface area (Å²) in [5.41, 5.74) is 0.890. The van der Waals surface area contributed by atoms with Crippen LogP contribution in [0.2, 0.25) is 0 Å². The Kier molecular flexibility index (Phi) is 4.73. The SMILES string of the molecule is C[C@@H](O)c1nc(C(F)F)c(C(=O)N2CCc3[nH]cnc3[C@@H]2c2cc3c(F)cccn3n2)o1. The van der Waals surface area contributed by atoms with Crippen LogP contribution in [-0.4, -0.2) is 47.0 Å². The fraction of sp³-hybridized carbons (Fsp3) is 0.300. The highest BCUT2D eigenvalue weighted by Gasteiger charge is 2.40. The molecule has 166 valence electrons. The van der Waals surface area contributed by atoms with Gasteiger partial charge in [0.05, 0.1) is 17.7 Å². The number of carbonyl (C=O) groups is 1. The molecular formula is C20H17F3N6O3. The highest BCUT2D eigenvalue weighted by molar-refractivity contribution is 5.93. The number of hydrogen-bond acceptors (Lipinski definition) is 6. The predicted octanol–water partition coefficient (Wildman–Crippen LogP) is 2.96. The van der Waals surface area contributed by atoms with Gasteiger partial charge in [-0.15, -0.1) is 0 Å². The number of amides is 1. The monoisotopic (exact) mass is 446 g/mol. The van der Waals surface area contributed by atoms with E-state index < -0.39 is 41.7 Å². The Labute approximate surface area is 178 Å². The van der Waals surface area contributed by atoms with E-state index in [9.17, 15) is 23.1 Å². The summed E-state index contributed by atoms with van der Waals surface area (Å²) >= 11 is 0. The number of H-pyrrole nitrogens is 1. The van der Waals surface area contributed by atoms with E-state index in [4.69, 9.17) is 4.42 Å². The third-order valence-electron chi connectivity index (χ3n) is 5.36. The average Bonchev–Trinajstić information content (AvgIpc) is 3.49. The first kappa shape index (κ1) is 20.2. The van der Waals surface area contributed by atoms with Gasteiger partial charge < -0.3 is 19.4 Å². The van der Waals surface area contributed by atoms with E-state index in [0.717, 1.165) is 5.69 Å². The van der Waals surface area contributed by atoms with Crippen LogP contribution in [0.1, 0.15) is 64.7 Å². The lowest BCUT2D eigenvalue weighted by Crippen LogP contribution is -2.41. The Morgan fingerprint density at radius 2 is 2.22 bits per heavy atom. The number of aromatic nitrogens is 5.